The molecule has 0 fully saturated rings. The zero-order valence-electron chi connectivity index (χ0n) is 9.30. The van der Waals surface area contributed by atoms with E-state index in [1.165, 1.54) is 30.3 Å². The maximum Gasteiger partial charge on any atom is 0.130 e. The molecule has 1 N–H and O–H groups in total. The van der Waals surface area contributed by atoms with Crippen LogP contribution in [0.25, 0.3) is 0 Å². The molecule has 0 amide bonds. The van der Waals surface area contributed by atoms with Gasteiger partial charge in [-0.05, 0) is 68.3 Å². The second kappa shape index (κ2) is 6.03. The van der Waals surface area contributed by atoms with Crippen molar-refractivity contribution in [3.8, 4) is 0 Å². The Morgan fingerprint density at radius 2 is 1.84 bits per heavy atom. The van der Waals surface area contributed by atoms with Crippen LogP contribution in [0.5, 0.6) is 0 Å². The number of aliphatic hydroxyl groups is 1. The Morgan fingerprint density at radius 3 is 2.47 bits per heavy atom. The van der Waals surface area contributed by atoms with E-state index in [9.17, 15) is 13.9 Å². The summed E-state index contributed by atoms with van der Waals surface area (Å²) in [5.41, 5.74) is 0.483. The number of aliphatic hydroxyl groups excluding tert-OH is 1. The normalized spacial score (nSPS) is 12.5. The number of halogens is 5. The zero-order valence-corrected chi connectivity index (χ0v) is 13.8. The molecule has 2 rings (SSSR count). The number of rotatable bonds is 2. The Labute approximate surface area is 135 Å². The fourth-order valence-electron chi connectivity index (χ4n) is 1.64. The minimum absolute atomic E-state index is 0.0534. The van der Waals surface area contributed by atoms with Gasteiger partial charge in [0.25, 0.3) is 0 Å². The maximum atomic E-state index is 13.9. The minimum Gasteiger partial charge on any atom is -0.384 e. The van der Waals surface area contributed by atoms with Gasteiger partial charge < -0.3 is 5.11 Å². The number of hydrogen-bond donors (Lipinski definition) is 1. The second-order valence-corrected chi connectivity index (χ2v) is 6.28. The number of hydrogen-bond acceptors (Lipinski definition) is 1. The Kier molecular flexibility index (Phi) is 4.81. The summed E-state index contributed by atoms with van der Waals surface area (Å²) >= 11 is 10.9. The quantitative estimate of drug-likeness (QED) is 0.491. The highest BCUT2D eigenvalue weighted by Gasteiger charge is 2.19. The minimum atomic E-state index is -1.20. The standard InChI is InChI=1S/C13H7BrClF2IO/c14-9-5-11(17)8(4-10(9)15)13(19)7-2-1-6(16)3-12(7)18/h1-5,13,19H. The van der Waals surface area contributed by atoms with Crippen LogP contribution in [0.4, 0.5) is 8.78 Å². The highest BCUT2D eigenvalue weighted by atomic mass is 127. The summed E-state index contributed by atoms with van der Waals surface area (Å²) in [6.07, 6.45) is -1.20. The average molecular weight is 459 g/mol. The van der Waals surface area contributed by atoms with Crippen LogP contribution in [-0.4, -0.2) is 5.11 Å². The third kappa shape index (κ3) is 3.26. The summed E-state index contributed by atoms with van der Waals surface area (Å²) in [6.45, 7) is 0. The predicted molar refractivity (Wildman–Crippen MR) is 82.3 cm³/mol. The summed E-state index contributed by atoms with van der Waals surface area (Å²) in [6, 6.07) is 6.47. The fourth-order valence-corrected chi connectivity index (χ4v) is 2.90. The lowest BCUT2D eigenvalue weighted by Gasteiger charge is -2.15. The van der Waals surface area contributed by atoms with E-state index in [2.05, 4.69) is 15.9 Å². The largest absolute Gasteiger partial charge is 0.384 e. The van der Waals surface area contributed by atoms with Crippen LogP contribution in [0, 0.1) is 15.2 Å². The van der Waals surface area contributed by atoms with Crippen molar-refractivity contribution in [2.75, 3.05) is 0 Å². The molecule has 0 bridgehead atoms. The summed E-state index contributed by atoms with van der Waals surface area (Å²) < 4.78 is 27.8. The smallest absolute Gasteiger partial charge is 0.130 e. The summed E-state index contributed by atoms with van der Waals surface area (Å²) in [5.74, 6) is -0.987. The Balaban J connectivity index is 2.49. The predicted octanol–water partition coefficient (Wildman–Crippen LogP) is 5.07. The average Bonchev–Trinajstić information content (AvgIpc) is 2.33. The first kappa shape index (κ1) is 15.2. The van der Waals surface area contributed by atoms with Crippen molar-refractivity contribution >= 4 is 50.1 Å². The van der Waals surface area contributed by atoms with Gasteiger partial charge in [-0.25, -0.2) is 8.78 Å². The first-order valence-electron chi connectivity index (χ1n) is 5.17. The molecule has 1 atom stereocenters. The van der Waals surface area contributed by atoms with Crippen LogP contribution < -0.4 is 0 Å². The lowest BCUT2D eigenvalue weighted by molar-refractivity contribution is 0.214. The van der Waals surface area contributed by atoms with Crippen molar-refractivity contribution in [2.24, 2.45) is 0 Å². The zero-order chi connectivity index (χ0) is 14.2. The molecule has 2 aromatic carbocycles. The van der Waals surface area contributed by atoms with Gasteiger partial charge in [0.15, 0.2) is 0 Å². The van der Waals surface area contributed by atoms with Gasteiger partial charge in [0.2, 0.25) is 0 Å². The first-order chi connectivity index (χ1) is 8.90. The molecule has 0 spiro atoms. The molecule has 0 aliphatic carbocycles. The second-order valence-electron chi connectivity index (χ2n) is 3.86. The van der Waals surface area contributed by atoms with Crippen LogP contribution in [0.2, 0.25) is 5.02 Å². The van der Waals surface area contributed by atoms with E-state index in [1.807, 2.05) is 22.6 Å². The van der Waals surface area contributed by atoms with Gasteiger partial charge in [0.05, 0.1) is 5.02 Å². The molecular weight excluding hydrogens is 452 g/mol. The first-order valence-corrected chi connectivity index (χ1v) is 7.42. The van der Waals surface area contributed by atoms with Crippen molar-refractivity contribution in [3.05, 3.63) is 66.2 Å². The van der Waals surface area contributed by atoms with E-state index in [1.54, 1.807) is 0 Å². The molecule has 0 aliphatic rings. The third-order valence-electron chi connectivity index (χ3n) is 2.59. The van der Waals surface area contributed by atoms with E-state index < -0.39 is 17.7 Å². The van der Waals surface area contributed by atoms with Gasteiger partial charge in [-0.15, -0.1) is 0 Å². The molecule has 0 aliphatic heterocycles. The van der Waals surface area contributed by atoms with Gasteiger partial charge in [-0.2, -0.15) is 0 Å². The van der Waals surface area contributed by atoms with Gasteiger partial charge >= 0.3 is 0 Å². The van der Waals surface area contributed by atoms with Gasteiger partial charge in [0.1, 0.15) is 17.7 Å². The molecule has 0 heterocycles. The lowest BCUT2D eigenvalue weighted by atomic mass is 10.0. The summed E-state index contributed by atoms with van der Waals surface area (Å²) in [4.78, 5) is 0. The molecular formula is C13H7BrClF2IO. The fraction of sp³-hybridized carbons (Fsp3) is 0.0769. The van der Waals surface area contributed by atoms with Crippen LogP contribution in [-0.2, 0) is 0 Å². The molecule has 6 heteroatoms. The lowest BCUT2D eigenvalue weighted by Crippen LogP contribution is -2.05. The topological polar surface area (TPSA) is 20.2 Å². The monoisotopic (exact) mass is 458 g/mol. The molecule has 0 saturated heterocycles. The van der Waals surface area contributed by atoms with E-state index in [4.69, 9.17) is 11.6 Å². The van der Waals surface area contributed by atoms with Gasteiger partial charge in [-0.3, -0.25) is 0 Å². The Morgan fingerprint density at radius 1 is 1.16 bits per heavy atom. The van der Waals surface area contributed by atoms with Gasteiger partial charge in [-0.1, -0.05) is 17.7 Å². The van der Waals surface area contributed by atoms with Gasteiger partial charge in [0, 0.05) is 13.6 Å². The van der Waals surface area contributed by atoms with Crippen molar-refractivity contribution in [3.63, 3.8) is 0 Å². The Hall–Kier alpha value is -0.240. The van der Waals surface area contributed by atoms with Crippen LogP contribution in [0.1, 0.15) is 17.2 Å². The molecule has 1 nitrogen and oxygen atoms in total. The van der Waals surface area contributed by atoms with Crippen molar-refractivity contribution in [1.29, 1.82) is 0 Å². The molecule has 2 aromatic rings. The van der Waals surface area contributed by atoms with E-state index >= 15 is 0 Å². The van der Waals surface area contributed by atoms with E-state index in [0.29, 0.717) is 18.6 Å². The molecule has 1 unspecified atom stereocenters. The number of benzene rings is 2. The van der Waals surface area contributed by atoms with E-state index in [-0.39, 0.29) is 5.56 Å². The molecule has 0 radical (unpaired) electrons. The van der Waals surface area contributed by atoms with E-state index in [0.717, 1.165) is 0 Å². The third-order valence-corrected chi connectivity index (χ3v) is 4.72. The van der Waals surface area contributed by atoms with Crippen LogP contribution in [0.15, 0.2) is 34.8 Å². The van der Waals surface area contributed by atoms with Crippen molar-refractivity contribution in [2.45, 2.75) is 6.10 Å². The highest BCUT2D eigenvalue weighted by Crippen LogP contribution is 2.33. The highest BCUT2D eigenvalue weighted by molar-refractivity contribution is 14.1. The maximum absolute atomic E-state index is 13.9. The SMILES string of the molecule is OC(c1cc(Cl)c(Br)cc1F)c1ccc(F)cc1I. The van der Waals surface area contributed by atoms with Crippen LogP contribution >= 0.6 is 50.1 Å². The summed E-state index contributed by atoms with van der Waals surface area (Å²) in [5, 5.41) is 10.5. The molecule has 0 aromatic heterocycles. The molecule has 19 heavy (non-hydrogen) atoms. The van der Waals surface area contributed by atoms with Crippen LogP contribution in [0.3, 0.4) is 0 Å². The molecule has 100 valence electrons. The summed E-state index contributed by atoms with van der Waals surface area (Å²) in [7, 11) is 0. The Bertz CT molecular complexity index is 636. The van der Waals surface area contributed by atoms with Crippen molar-refractivity contribution < 1.29 is 13.9 Å². The van der Waals surface area contributed by atoms with Crippen molar-refractivity contribution in [1.82, 2.24) is 0 Å². The molecule has 0 saturated carbocycles.